The van der Waals surface area contributed by atoms with E-state index in [0.29, 0.717) is 37.6 Å². The van der Waals surface area contributed by atoms with Gasteiger partial charge in [-0.25, -0.2) is 0 Å². The Morgan fingerprint density at radius 1 is 1.00 bits per heavy atom. The second-order valence-corrected chi connectivity index (χ2v) is 6.02. The van der Waals surface area contributed by atoms with Crippen molar-refractivity contribution in [3.8, 4) is 11.5 Å². The third-order valence-corrected chi connectivity index (χ3v) is 4.31. The fourth-order valence-electron chi connectivity index (χ4n) is 2.44. The van der Waals surface area contributed by atoms with Crippen LogP contribution < -0.4 is 9.47 Å². The number of hydrogen-bond acceptors (Lipinski definition) is 3. The zero-order chi connectivity index (χ0) is 18.2. The van der Waals surface area contributed by atoms with Crippen LogP contribution in [-0.2, 0) is 0 Å². The second kappa shape index (κ2) is 9.33. The van der Waals surface area contributed by atoms with Gasteiger partial charge >= 0.3 is 0 Å². The molecule has 5 heteroatoms. The average molecular weight is 362 g/mol. The fourth-order valence-corrected chi connectivity index (χ4v) is 2.56. The lowest BCUT2D eigenvalue weighted by Crippen LogP contribution is -2.30. The predicted octanol–water partition coefficient (Wildman–Crippen LogP) is 4.59. The molecule has 4 nitrogen and oxygen atoms in total. The Morgan fingerprint density at radius 3 is 2.24 bits per heavy atom. The van der Waals surface area contributed by atoms with Gasteiger partial charge < -0.3 is 14.4 Å². The SMILES string of the molecule is CCN(CC)C(=O)c1cccc(OCCOc2ccc(Cl)c(C)c2)c1. The van der Waals surface area contributed by atoms with E-state index in [2.05, 4.69) is 0 Å². The van der Waals surface area contributed by atoms with Gasteiger partial charge in [0, 0.05) is 23.7 Å². The number of aryl methyl sites for hydroxylation is 1. The molecule has 0 aliphatic heterocycles. The molecule has 0 saturated heterocycles. The summed E-state index contributed by atoms with van der Waals surface area (Å²) in [5, 5.41) is 0.721. The maximum Gasteiger partial charge on any atom is 0.253 e. The van der Waals surface area contributed by atoms with Gasteiger partial charge in [0.15, 0.2) is 0 Å². The summed E-state index contributed by atoms with van der Waals surface area (Å²) in [5.41, 5.74) is 1.61. The van der Waals surface area contributed by atoms with Crippen LogP contribution in [0, 0.1) is 6.92 Å². The zero-order valence-corrected chi connectivity index (χ0v) is 15.7. The molecule has 0 spiro atoms. The molecular formula is C20H24ClNO3. The van der Waals surface area contributed by atoms with Crippen molar-refractivity contribution in [2.45, 2.75) is 20.8 Å². The van der Waals surface area contributed by atoms with Crippen molar-refractivity contribution in [3.05, 3.63) is 58.6 Å². The van der Waals surface area contributed by atoms with Gasteiger partial charge in [0.25, 0.3) is 5.91 Å². The van der Waals surface area contributed by atoms with E-state index in [-0.39, 0.29) is 5.91 Å². The first-order chi connectivity index (χ1) is 12.0. The van der Waals surface area contributed by atoms with Crippen molar-refractivity contribution in [3.63, 3.8) is 0 Å². The number of benzene rings is 2. The highest BCUT2D eigenvalue weighted by atomic mass is 35.5. The van der Waals surface area contributed by atoms with Crippen molar-refractivity contribution in [2.75, 3.05) is 26.3 Å². The second-order valence-electron chi connectivity index (χ2n) is 5.61. The number of hydrogen-bond donors (Lipinski definition) is 0. The number of amides is 1. The number of carbonyl (C=O) groups excluding carboxylic acids is 1. The van der Waals surface area contributed by atoms with E-state index in [1.165, 1.54) is 0 Å². The molecule has 0 aromatic heterocycles. The van der Waals surface area contributed by atoms with E-state index >= 15 is 0 Å². The summed E-state index contributed by atoms with van der Waals surface area (Å²) in [6.45, 7) is 8.06. The number of nitrogens with zero attached hydrogens (tertiary/aromatic N) is 1. The molecule has 0 aliphatic rings. The van der Waals surface area contributed by atoms with E-state index < -0.39 is 0 Å². The molecule has 0 bridgehead atoms. The van der Waals surface area contributed by atoms with Crippen molar-refractivity contribution in [1.29, 1.82) is 0 Å². The smallest absolute Gasteiger partial charge is 0.253 e. The standard InChI is InChI=1S/C20H24ClNO3/c1-4-22(5-2)20(23)16-7-6-8-17(14-16)24-11-12-25-18-9-10-19(21)15(3)13-18/h6-10,13-14H,4-5,11-12H2,1-3H3. The molecule has 25 heavy (non-hydrogen) atoms. The highest BCUT2D eigenvalue weighted by molar-refractivity contribution is 6.31. The first-order valence-electron chi connectivity index (χ1n) is 8.46. The number of halogens is 1. The van der Waals surface area contributed by atoms with Gasteiger partial charge in [0.05, 0.1) is 0 Å². The molecule has 134 valence electrons. The summed E-state index contributed by atoms with van der Waals surface area (Å²) in [5.74, 6) is 1.44. The molecule has 0 N–H and O–H groups in total. The monoisotopic (exact) mass is 361 g/mol. The third-order valence-electron chi connectivity index (χ3n) is 3.88. The Hall–Kier alpha value is -2.20. The molecule has 0 heterocycles. The van der Waals surface area contributed by atoms with Crippen molar-refractivity contribution in [1.82, 2.24) is 4.90 Å². The van der Waals surface area contributed by atoms with Crippen LogP contribution in [0.4, 0.5) is 0 Å². The van der Waals surface area contributed by atoms with Gasteiger partial charge in [0.2, 0.25) is 0 Å². The molecular weight excluding hydrogens is 338 g/mol. The van der Waals surface area contributed by atoms with Gasteiger partial charge in [0.1, 0.15) is 24.7 Å². The van der Waals surface area contributed by atoms with Gasteiger partial charge in [-0.3, -0.25) is 4.79 Å². The molecule has 1 amide bonds. The molecule has 2 aromatic carbocycles. The molecule has 2 rings (SSSR count). The molecule has 0 saturated carbocycles. The summed E-state index contributed by atoms with van der Waals surface area (Å²) in [4.78, 5) is 14.2. The topological polar surface area (TPSA) is 38.8 Å². The van der Waals surface area contributed by atoms with Gasteiger partial charge in [-0.15, -0.1) is 0 Å². The van der Waals surface area contributed by atoms with Crippen molar-refractivity contribution in [2.24, 2.45) is 0 Å². The Labute approximate surface area is 154 Å². The van der Waals surface area contributed by atoms with Crippen LogP contribution in [-0.4, -0.2) is 37.1 Å². The summed E-state index contributed by atoms with van der Waals surface area (Å²) in [7, 11) is 0. The lowest BCUT2D eigenvalue weighted by atomic mass is 10.2. The Bertz CT molecular complexity index is 714. The minimum atomic E-state index is 0.0170. The van der Waals surface area contributed by atoms with E-state index in [9.17, 15) is 4.79 Å². The molecule has 2 aromatic rings. The number of carbonyl (C=O) groups is 1. The van der Waals surface area contributed by atoms with Crippen LogP contribution in [0.25, 0.3) is 0 Å². The first kappa shape index (κ1) is 19.1. The van der Waals surface area contributed by atoms with E-state index in [1.807, 2.05) is 51.1 Å². The van der Waals surface area contributed by atoms with Crippen LogP contribution in [0.5, 0.6) is 11.5 Å². The molecule has 0 radical (unpaired) electrons. The van der Waals surface area contributed by atoms with Crippen LogP contribution >= 0.6 is 11.6 Å². The van der Waals surface area contributed by atoms with E-state index in [4.69, 9.17) is 21.1 Å². The van der Waals surface area contributed by atoms with Gasteiger partial charge in [-0.1, -0.05) is 17.7 Å². The lowest BCUT2D eigenvalue weighted by molar-refractivity contribution is 0.0772. The molecule has 0 unspecified atom stereocenters. The molecule has 0 aliphatic carbocycles. The van der Waals surface area contributed by atoms with Crippen molar-refractivity contribution >= 4 is 17.5 Å². The number of rotatable bonds is 8. The van der Waals surface area contributed by atoms with Crippen LogP contribution in [0.2, 0.25) is 5.02 Å². The van der Waals surface area contributed by atoms with Gasteiger partial charge in [-0.05, 0) is 62.7 Å². The van der Waals surface area contributed by atoms with E-state index in [0.717, 1.165) is 16.3 Å². The molecule has 0 atom stereocenters. The maximum absolute atomic E-state index is 12.4. The van der Waals surface area contributed by atoms with Crippen LogP contribution in [0.3, 0.4) is 0 Å². The number of ether oxygens (including phenoxy) is 2. The summed E-state index contributed by atoms with van der Waals surface area (Å²) >= 11 is 5.99. The Kier molecular flexibility index (Phi) is 7.14. The largest absolute Gasteiger partial charge is 0.490 e. The van der Waals surface area contributed by atoms with Crippen LogP contribution in [0.15, 0.2) is 42.5 Å². The Balaban J connectivity index is 1.87. The highest BCUT2D eigenvalue weighted by Crippen LogP contribution is 2.21. The average Bonchev–Trinajstić information content (AvgIpc) is 2.63. The highest BCUT2D eigenvalue weighted by Gasteiger charge is 2.12. The maximum atomic E-state index is 12.4. The minimum Gasteiger partial charge on any atom is -0.490 e. The van der Waals surface area contributed by atoms with Crippen LogP contribution in [0.1, 0.15) is 29.8 Å². The van der Waals surface area contributed by atoms with Crippen molar-refractivity contribution < 1.29 is 14.3 Å². The third kappa shape index (κ3) is 5.40. The normalized spacial score (nSPS) is 10.4. The summed E-state index contributed by atoms with van der Waals surface area (Å²) < 4.78 is 11.4. The predicted molar refractivity (Wildman–Crippen MR) is 101 cm³/mol. The van der Waals surface area contributed by atoms with E-state index in [1.54, 1.807) is 17.0 Å². The summed E-state index contributed by atoms with van der Waals surface area (Å²) in [6.07, 6.45) is 0. The molecule has 0 fully saturated rings. The van der Waals surface area contributed by atoms with Gasteiger partial charge in [-0.2, -0.15) is 0 Å². The fraction of sp³-hybridized carbons (Fsp3) is 0.350. The summed E-state index contributed by atoms with van der Waals surface area (Å²) in [6, 6.07) is 12.8. The quantitative estimate of drug-likeness (QED) is 0.645. The minimum absolute atomic E-state index is 0.0170. The zero-order valence-electron chi connectivity index (χ0n) is 14.9. The first-order valence-corrected chi connectivity index (χ1v) is 8.84. The lowest BCUT2D eigenvalue weighted by Gasteiger charge is -2.19. The Morgan fingerprint density at radius 2 is 1.64 bits per heavy atom.